The molecule has 19 heavy (non-hydrogen) atoms. The lowest BCUT2D eigenvalue weighted by molar-refractivity contribution is -0.0658. The number of nitrogens with zero attached hydrogens (tertiary/aromatic N) is 2. The first-order valence-electron chi connectivity index (χ1n) is 7.06. The molecule has 1 fully saturated rings. The van der Waals surface area contributed by atoms with Gasteiger partial charge in [-0.25, -0.2) is 0 Å². The molecule has 0 aliphatic heterocycles. The van der Waals surface area contributed by atoms with E-state index in [9.17, 15) is 5.11 Å². The lowest BCUT2D eigenvalue weighted by atomic mass is 9.78. The SMILES string of the molecule is COC1(c2noc(C(C)C(C)O)n2)CCCC(C)C1. The minimum absolute atomic E-state index is 0.156. The van der Waals surface area contributed by atoms with Gasteiger partial charge in [0.2, 0.25) is 11.7 Å². The van der Waals surface area contributed by atoms with Gasteiger partial charge in [-0.2, -0.15) is 4.98 Å². The van der Waals surface area contributed by atoms with Gasteiger partial charge in [0.25, 0.3) is 0 Å². The average Bonchev–Trinajstić information content (AvgIpc) is 2.87. The summed E-state index contributed by atoms with van der Waals surface area (Å²) in [6.45, 7) is 5.83. The second-order valence-corrected chi connectivity index (χ2v) is 5.89. The van der Waals surface area contributed by atoms with Crippen molar-refractivity contribution < 1.29 is 14.4 Å². The molecule has 1 aromatic rings. The van der Waals surface area contributed by atoms with Gasteiger partial charge in [-0.15, -0.1) is 0 Å². The molecule has 5 nitrogen and oxygen atoms in total. The number of aliphatic hydroxyl groups excluding tert-OH is 1. The van der Waals surface area contributed by atoms with Crippen LogP contribution in [0.3, 0.4) is 0 Å². The van der Waals surface area contributed by atoms with E-state index in [-0.39, 0.29) is 5.92 Å². The maximum absolute atomic E-state index is 9.60. The summed E-state index contributed by atoms with van der Waals surface area (Å²) < 4.78 is 11.0. The number of aliphatic hydroxyl groups is 1. The fourth-order valence-corrected chi connectivity index (χ4v) is 2.79. The molecule has 4 atom stereocenters. The highest BCUT2D eigenvalue weighted by Gasteiger charge is 2.41. The molecule has 2 rings (SSSR count). The fraction of sp³-hybridized carbons (Fsp3) is 0.857. The molecule has 1 aliphatic rings. The first-order chi connectivity index (χ1) is 8.98. The lowest BCUT2D eigenvalue weighted by Gasteiger charge is -2.36. The van der Waals surface area contributed by atoms with Gasteiger partial charge in [0.15, 0.2) is 0 Å². The smallest absolute Gasteiger partial charge is 0.232 e. The highest BCUT2D eigenvalue weighted by molar-refractivity contribution is 5.06. The molecule has 1 aliphatic carbocycles. The highest BCUT2D eigenvalue weighted by Crippen LogP contribution is 2.41. The number of ether oxygens (including phenoxy) is 1. The van der Waals surface area contributed by atoms with Gasteiger partial charge in [0, 0.05) is 7.11 Å². The molecule has 1 saturated carbocycles. The summed E-state index contributed by atoms with van der Waals surface area (Å²) in [5.41, 5.74) is -0.419. The Balaban J connectivity index is 2.24. The largest absolute Gasteiger partial charge is 0.393 e. The maximum Gasteiger partial charge on any atom is 0.232 e. The van der Waals surface area contributed by atoms with Crippen LogP contribution >= 0.6 is 0 Å². The van der Waals surface area contributed by atoms with Crippen LogP contribution in [-0.4, -0.2) is 28.5 Å². The zero-order chi connectivity index (χ0) is 14.0. The van der Waals surface area contributed by atoms with E-state index in [2.05, 4.69) is 17.1 Å². The van der Waals surface area contributed by atoms with Gasteiger partial charge in [0.1, 0.15) is 5.60 Å². The Morgan fingerprint density at radius 3 is 2.79 bits per heavy atom. The third-order valence-corrected chi connectivity index (χ3v) is 4.31. The van der Waals surface area contributed by atoms with Gasteiger partial charge in [0.05, 0.1) is 12.0 Å². The van der Waals surface area contributed by atoms with Crippen LogP contribution in [0.4, 0.5) is 0 Å². The van der Waals surface area contributed by atoms with Crippen LogP contribution < -0.4 is 0 Å². The van der Waals surface area contributed by atoms with E-state index >= 15 is 0 Å². The summed E-state index contributed by atoms with van der Waals surface area (Å²) in [4.78, 5) is 4.47. The first-order valence-corrected chi connectivity index (χ1v) is 7.06. The van der Waals surface area contributed by atoms with E-state index in [1.165, 1.54) is 6.42 Å². The van der Waals surface area contributed by atoms with Gasteiger partial charge >= 0.3 is 0 Å². The summed E-state index contributed by atoms with van der Waals surface area (Å²) in [5, 5.41) is 13.7. The summed E-state index contributed by atoms with van der Waals surface area (Å²) >= 11 is 0. The Kier molecular flexibility index (Phi) is 4.26. The number of hydrogen-bond acceptors (Lipinski definition) is 5. The zero-order valence-electron chi connectivity index (χ0n) is 12.2. The van der Waals surface area contributed by atoms with Crippen molar-refractivity contribution in [2.24, 2.45) is 5.92 Å². The van der Waals surface area contributed by atoms with Gasteiger partial charge < -0.3 is 14.4 Å². The first kappa shape index (κ1) is 14.5. The summed E-state index contributed by atoms with van der Waals surface area (Å²) in [7, 11) is 1.71. The Hall–Kier alpha value is -0.940. The standard InChI is InChI=1S/C14H24N2O3/c1-9-6-5-7-14(8-9,18-4)13-15-12(19-16-13)10(2)11(3)17/h9-11,17H,5-8H2,1-4H3. The normalized spacial score (nSPS) is 31.1. The highest BCUT2D eigenvalue weighted by atomic mass is 16.5. The predicted molar refractivity (Wildman–Crippen MR) is 70.7 cm³/mol. The van der Waals surface area contributed by atoms with Crippen LogP contribution in [-0.2, 0) is 10.3 Å². The number of rotatable bonds is 4. The Morgan fingerprint density at radius 2 is 2.21 bits per heavy atom. The van der Waals surface area contributed by atoms with Crippen LogP contribution in [0.2, 0.25) is 0 Å². The molecule has 0 amide bonds. The quantitative estimate of drug-likeness (QED) is 0.909. The monoisotopic (exact) mass is 268 g/mol. The summed E-state index contributed by atoms with van der Waals surface area (Å²) in [6, 6.07) is 0. The van der Waals surface area contributed by atoms with Crippen molar-refractivity contribution in [2.75, 3.05) is 7.11 Å². The number of methoxy groups -OCH3 is 1. The molecule has 4 unspecified atom stereocenters. The molecule has 0 radical (unpaired) electrons. The number of hydrogen-bond donors (Lipinski definition) is 1. The summed E-state index contributed by atoms with van der Waals surface area (Å²) in [5.74, 6) is 1.56. The van der Waals surface area contributed by atoms with Crippen molar-refractivity contribution in [1.82, 2.24) is 10.1 Å². The lowest BCUT2D eigenvalue weighted by Crippen LogP contribution is -2.35. The van der Waals surface area contributed by atoms with E-state index in [0.29, 0.717) is 17.6 Å². The van der Waals surface area contributed by atoms with Crippen molar-refractivity contribution in [3.8, 4) is 0 Å². The minimum Gasteiger partial charge on any atom is -0.393 e. The molecule has 1 heterocycles. The molecular weight excluding hydrogens is 244 g/mol. The molecule has 0 aromatic carbocycles. The Bertz CT molecular complexity index is 419. The second kappa shape index (κ2) is 5.59. The second-order valence-electron chi connectivity index (χ2n) is 5.89. The Labute approximate surface area is 114 Å². The molecule has 1 aromatic heterocycles. The van der Waals surface area contributed by atoms with E-state index in [0.717, 1.165) is 19.3 Å². The van der Waals surface area contributed by atoms with Crippen molar-refractivity contribution >= 4 is 0 Å². The van der Waals surface area contributed by atoms with E-state index in [1.807, 2.05) is 6.92 Å². The van der Waals surface area contributed by atoms with Crippen LogP contribution in [0.25, 0.3) is 0 Å². The van der Waals surface area contributed by atoms with Crippen molar-refractivity contribution in [1.29, 1.82) is 0 Å². The third-order valence-electron chi connectivity index (χ3n) is 4.31. The van der Waals surface area contributed by atoms with Crippen molar-refractivity contribution in [3.05, 3.63) is 11.7 Å². The van der Waals surface area contributed by atoms with Crippen LogP contribution in [0, 0.1) is 5.92 Å². The predicted octanol–water partition coefficient (Wildman–Crippen LogP) is 2.61. The van der Waals surface area contributed by atoms with Gasteiger partial charge in [-0.05, 0) is 32.1 Å². The van der Waals surface area contributed by atoms with E-state index in [1.54, 1.807) is 14.0 Å². The minimum atomic E-state index is -0.503. The molecule has 0 spiro atoms. The number of aromatic nitrogens is 2. The third kappa shape index (κ3) is 2.82. The van der Waals surface area contributed by atoms with E-state index in [4.69, 9.17) is 9.26 Å². The van der Waals surface area contributed by atoms with Gasteiger partial charge in [-0.1, -0.05) is 25.4 Å². The molecule has 0 saturated heterocycles. The Morgan fingerprint density at radius 1 is 1.47 bits per heavy atom. The maximum atomic E-state index is 9.60. The topological polar surface area (TPSA) is 68.4 Å². The fourth-order valence-electron chi connectivity index (χ4n) is 2.79. The van der Waals surface area contributed by atoms with E-state index < -0.39 is 11.7 Å². The average molecular weight is 268 g/mol. The van der Waals surface area contributed by atoms with Crippen LogP contribution in [0.15, 0.2) is 4.52 Å². The van der Waals surface area contributed by atoms with Crippen LogP contribution in [0.5, 0.6) is 0 Å². The molecule has 1 N–H and O–H groups in total. The zero-order valence-corrected chi connectivity index (χ0v) is 12.2. The van der Waals surface area contributed by atoms with Gasteiger partial charge in [-0.3, -0.25) is 0 Å². The summed E-state index contributed by atoms with van der Waals surface area (Å²) in [6.07, 6.45) is 3.68. The van der Waals surface area contributed by atoms with Crippen molar-refractivity contribution in [2.45, 2.75) is 64.1 Å². The van der Waals surface area contributed by atoms with Crippen LogP contribution in [0.1, 0.15) is 64.1 Å². The molecule has 5 heteroatoms. The van der Waals surface area contributed by atoms with Crippen molar-refractivity contribution in [3.63, 3.8) is 0 Å². The molecule has 108 valence electrons. The molecular formula is C14H24N2O3. The molecule has 0 bridgehead atoms.